The van der Waals surface area contributed by atoms with Gasteiger partial charge in [0.05, 0.1) is 11.6 Å². The molecule has 2 amide bonds. The molecule has 0 bridgehead atoms. The molecule has 3 unspecified atom stereocenters. The van der Waals surface area contributed by atoms with E-state index in [2.05, 4.69) is 0 Å². The summed E-state index contributed by atoms with van der Waals surface area (Å²) in [6.45, 7) is 4.12. The van der Waals surface area contributed by atoms with Gasteiger partial charge in [-0.15, -0.1) is 0 Å². The number of likely N-dealkylation sites (tertiary alicyclic amines) is 1. The minimum absolute atomic E-state index is 0.0182. The van der Waals surface area contributed by atoms with E-state index in [9.17, 15) is 19.5 Å². The lowest BCUT2D eigenvalue weighted by molar-refractivity contribution is -0.147. The van der Waals surface area contributed by atoms with Crippen molar-refractivity contribution in [1.29, 1.82) is 0 Å². The van der Waals surface area contributed by atoms with Crippen LogP contribution in [-0.4, -0.2) is 53.0 Å². The lowest BCUT2D eigenvalue weighted by Gasteiger charge is -2.37. The number of carboxylic acid groups (broad SMARTS) is 1. The third-order valence-corrected chi connectivity index (χ3v) is 5.17. The van der Waals surface area contributed by atoms with Gasteiger partial charge in [-0.2, -0.15) is 0 Å². The first-order valence-electron chi connectivity index (χ1n) is 8.97. The van der Waals surface area contributed by atoms with E-state index in [1.165, 1.54) is 0 Å². The number of carbonyl (C=O) groups excluding carboxylic acids is 2. The van der Waals surface area contributed by atoms with Gasteiger partial charge in [-0.3, -0.25) is 14.4 Å². The quantitative estimate of drug-likeness (QED) is 0.886. The number of hydrogen-bond acceptors (Lipinski definition) is 4. The van der Waals surface area contributed by atoms with E-state index in [-0.39, 0.29) is 37.4 Å². The second-order valence-corrected chi connectivity index (χ2v) is 6.98. The predicted molar refractivity (Wildman–Crippen MR) is 95.0 cm³/mol. The summed E-state index contributed by atoms with van der Waals surface area (Å²) < 4.78 is 5.60. The Bertz CT molecular complexity index is 720. The number of benzene rings is 1. The molecule has 2 aliphatic heterocycles. The zero-order valence-corrected chi connectivity index (χ0v) is 15.1. The van der Waals surface area contributed by atoms with Gasteiger partial charge < -0.3 is 19.6 Å². The maximum atomic E-state index is 12.7. The van der Waals surface area contributed by atoms with Gasteiger partial charge in [-0.05, 0) is 38.8 Å². The number of fused-ring (bicyclic) bond motifs is 1. The van der Waals surface area contributed by atoms with Gasteiger partial charge in [0.2, 0.25) is 5.91 Å². The van der Waals surface area contributed by atoms with Crippen LogP contribution in [0.1, 0.15) is 33.1 Å². The fraction of sp³-hybridized carbons (Fsp3) is 0.526. The zero-order chi connectivity index (χ0) is 18.8. The van der Waals surface area contributed by atoms with E-state index < -0.39 is 18.0 Å². The van der Waals surface area contributed by atoms with Gasteiger partial charge in [-0.25, -0.2) is 0 Å². The first kappa shape index (κ1) is 18.2. The van der Waals surface area contributed by atoms with Crippen LogP contribution in [-0.2, 0) is 14.4 Å². The Labute approximate surface area is 152 Å². The van der Waals surface area contributed by atoms with E-state index >= 15 is 0 Å². The molecule has 3 atom stereocenters. The van der Waals surface area contributed by atoms with E-state index in [0.29, 0.717) is 24.3 Å². The van der Waals surface area contributed by atoms with Gasteiger partial charge in [0.15, 0.2) is 6.10 Å². The molecule has 140 valence electrons. The summed E-state index contributed by atoms with van der Waals surface area (Å²) in [5, 5.41) is 9.23. The molecular weight excluding hydrogens is 336 g/mol. The number of carboxylic acids is 1. The van der Waals surface area contributed by atoms with E-state index in [1.807, 2.05) is 19.1 Å². The van der Waals surface area contributed by atoms with Crippen LogP contribution in [0.15, 0.2) is 24.3 Å². The Morgan fingerprint density at radius 1 is 1.23 bits per heavy atom. The molecule has 7 heteroatoms. The van der Waals surface area contributed by atoms with Gasteiger partial charge in [0, 0.05) is 25.6 Å². The zero-order valence-electron chi connectivity index (χ0n) is 15.1. The molecule has 1 aromatic carbocycles. The Hall–Kier alpha value is -2.57. The minimum Gasteiger partial charge on any atom is -0.481 e. The molecule has 1 N–H and O–H groups in total. The normalized spacial score (nSPS) is 25.5. The SMILES string of the molecule is CC1Oc2ccccc2N(CCC(=O)N2CC(C(=O)O)CCC2C)C1=O. The van der Waals surface area contributed by atoms with Gasteiger partial charge in [0.25, 0.3) is 5.91 Å². The summed E-state index contributed by atoms with van der Waals surface area (Å²) in [4.78, 5) is 39.6. The van der Waals surface area contributed by atoms with Crippen molar-refractivity contribution < 1.29 is 24.2 Å². The van der Waals surface area contributed by atoms with E-state index in [1.54, 1.807) is 28.9 Å². The highest BCUT2D eigenvalue weighted by atomic mass is 16.5. The van der Waals surface area contributed by atoms with Crippen molar-refractivity contribution in [3.05, 3.63) is 24.3 Å². The Kier molecular flexibility index (Phi) is 5.15. The summed E-state index contributed by atoms with van der Waals surface area (Å²) in [5.41, 5.74) is 0.665. The second kappa shape index (κ2) is 7.35. The second-order valence-electron chi connectivity index (χ2n) is 6.98. The average Bonchev–Trinajstić information content (AvgIpc) is 2.62. The summed E-state index contributed by atoms with van der Waals surface area (Å²) in [6, 6.07) is 7.28. The number of ether oxygens (including phenoxy) is 1. The molecule has 26 heavy (non-hydrogen) atoms. The van der Waals surface area contributed by atoms with Crippen LogP contribution in [0.4, 0.5) is 5.69 Å². The fourth-order valence-electron chi connectivity index (χ4n) is 3.60. The van der Waals surface area contributed by atoms with Crippen molar-refractivity contribution in [2.75, 3.05) is 18.0 Å². The van der Waals surface area contributed by atoms with E-state index in [0.717, 1.165) is 0 Å². The number of hydrogen-bond donors (Lipinski definition) is 1. The monoisotopic (exact) mass is 360 g/mol. The van der Waals surface area contributed by atoms with Crippen LogP contribution in [0.3, 0.4) is 0 Å². The smallest absolute Gasteiger partial charge is 0.308 e. The topological polar surface area (TPSA) is 87.2 Å². The Balaban J connectivity index is 1.69. The number of piperidine rings is 1. The first-order chi connectivity index (χ1) is 12.4. The van der Waals surface area contributed by atoms with Gasteiger partial charge in [0.1, 0.15) is 5.75 Å². The third-order valence-electron chi connectivity index (χ3n) is 5.17. The number of nitrogens with zero attached hydrogens (tertiary/aromatic N) is 2. The Morgan fingerprint density at radius 2 is 1.96 bits per heavy atom. The maximum absolute atomic E-state index is 12.7. The molecular formula is C19H24N2O5. The van der Waals surface area contributed by atoms with Crippen LogP contribution >= 0.6 is 0 Å². The van der Waals surface area contributed by atoms with Crippen LogP contribution in [0.5, 0.6) is 5.75 Å². The summed E-state index contributed by atoms with van der Waals surface area (Å²) >= 11 is 0. The minimum atomic E-state index is -0.860. The fourth-order valence-corrected chi connectivity index (χ4v) is 3.60. The third kappa shape index (κ3) is 3.52. The first-order valence-corrected chi connectivity index (χ1v) is 8.97. The molecule has 2 heterocycles. The van der Waals surface area contributed by atoms with Crippen LogP contribution in [0.2, 0.25) is 0 Å². The molecule has 0 saturated carbocycles. The van der Waals surface area contributed by atoms with E-state index in [4.69, 9.17) is 4.74 Å². The number of rotatable bonds is 4. The molecule has 0 aliphatic carbocycles. The number of anilines is 1. The molecule has 3 rings (SSSR count). The highest BCUT2D eigenvalue weighted by molar-refractivity contribution is 6.00. The Morgan fingerprint density at radius 3 is 2.69 bits per heavy atom. The highest BCUT2D eigenvalue weighted by Gasteiger charge is 2.34. The molecule has 0 radical (unpaired) electrons. The van der Waals surface area contributed by atoms with Crippen LogP contribution in [0, 0.1) is 5.92 Å². The number of carbonyl (C=O) groups is 3. The van der Waals surface area contributed by atoms with Gasteiger partial charge in [-0.1, -0.05) is 12.1 Å². The van der Waals surface area contributed by atoms with Crippen LogP contribution in [0.25, 0.3) is 0 Å². The molecule has 1 saturated heterocycles. The maximum Gasteiger partial charge on any atom is 0.308 e. The standard InChI is InChI=1S/C19H24N2O5/c1-12-7-8-14(19(24)25)11-21(12)17(22)9-10-20-15-5-3-4-6-16(15)26-13(2)18(20)23/h3-6,12-14H,7-11H2,1-2H3,(H,24,25). The van der Waals surface area contributed by atoms with Crippen molar-refractivity contribution in [2.45, 2.75) is 45.3 Å². The predicted octanol–water partition coefficient (Wildman–Crippen LogP) is 1.90. The summed E-state index contributed by atoms with van der Waals surface area (Å²) in [7, 11) is 0. The van der Waals surface area contributed by atoms with Crippen LogP contribution < -0.4 is 9.64 Å². The average molecular weight is 360 g/mol. The van der Waals surface area contributed by atoms with Crippen molar-refractivity contribution in [3.63, 3.8) is 0 Å². The van der Waals surface area contributed by atoms with Crippen molar-refractivity contribution in [3.8, 4) is 5.75 Å². The molecule has 1 aromatic rings. The molecule has 7 nitrogen and oxygen atoms in total. The molecule has 0 spiro atoms. The largest absolute Gasteiger partial charge is 0.481 e. The van der Waals surface area contributed by atoms with Crippen molar-refractivity contribution >= 4 is 23.5 Å². The molecule has 2 aliphatic rings. The number of amides is 2. The number of aliphatic carboxylic acids is 1. The lowest BCUT2D eigenvalue weighted by Crippen LogP contribution is -2.49. The lowest BCUT2D eigenvalue weighted by atomic mass is 9.93. The number of para-hydroxylation sites is 2. The molecule has 0 aromatic heterocycles. The van der Waals surface area contributed by atoms with Gasteiger partial charge >= 0.3 is 5.97 Å². The highest BCUT2D eigenvalue weighted by Crippen LogP contribution is 2.33. The molecule has 1 fully saturated rings. The van der Waals surface area contributed by atoms with Crippen molar-refractivity contribution in [2.24, 2.45) is 5.92 Å². The summed E-state index contributed by atoms with van der Waals surface area (Å²) in [6.07, 6.45) is 0.834. The van der Waals surface area contributed by atoms with Crippen molar-refractivity contribution in [1.82, 2.24) is 4.90 Å². The summed E-state index contributed by atoms with van der Waals surface area (Å²) in [5.74, 6) is -1.04.